The Balaban J connectivity index is 1.14. The Morgan fingerprint density at radius 2 is 0.773 bits per heavy atom. The van der Waals surface area contributed by atoms with Gasteiger partial charge in [-0.3, -0.25) is 28.8 Å². The van der Waals surface area contributed by atoms with Crippen LogP contribution in [0.3, 0.4) is 0 Å². The molecule has 66 heavy (non-hydrogen) atoms. The van der Waals surface area contributed by atoms with Crippen LogP contribution in [-0.2, 0) is 0 Å². The van der Waals surface area contributed by atoms with Gasteiger partial charge in [-0.2, -0.15) is 0 Å². The molecule has 0 bridgehead atoms. The van der Waals surface area contributed by atoms with E-state index in [9.17, 15) is 28.8 Å². The minimum Gasteiger partial charge on any atom is -0.322 e. The Morgan fingerprint density at radius 3 is 1.24 bits per heavy atom. The number of hydrogen-bond donors (Lipinski definition) is 4. The molecule has 0 radical (unpaired) electrons. The number of anilines is 4. The SMILES string of the molecule is CCC(CC(=O)c1cc(C(=O)Nc2cccc(NC(=O)c3ccccc3)c2)cc(C(=O)Nc2cccc(C(C)C(C)C(=O)c3ccccc3)c2)c1)c1cccc(NC(=O)c2ccccc2)c1. The number of carbonyl (C=O) groups excluding carboxylic acids is 6. The van der Waals surface area contributed by atoms with E-state index in [0.717, 1.165) is 11.1 Å². The second-order valence-corrected chi connectivity index (χ2v) is 16.2. The van der Waals surface area contributed by atoms with Crippen molar-refractivity contribution in [1.29, 1.82) is 0 Å². The van der Waals surface area contributed by atoms with E-state index < -0.39 is 11.8 Å². The molecule has 7 rings (SSSR count). The van der Waals surface area contributed by atoms with Crippen molar-refractivity contribution in [2.24, 2.45) is 5.92 Å². The summed E-state index contributed by atoms with van der Waals surface area (Å²) in [4.78, 5) is 81.6. The smallest absolute Gasteiger partial charge is 0.255 e. The van der Waals surface area contributed by atoms with E-state index >= 15 is 0 Å². The van der Waals surface area contributed by atoms with Crippen molar-refractivity contribution in [3.8, 4) is 0 Å². The summed E-state index contributed by atoms with van der Waals surface area (Å²) in [5.41, 5.74) is 5.53. The van der Waals surface area contributed by atoms with Gasteiger partial charge in [-0.25, -0.2) is 0 Å². The first-order valence-corrected chi connectivity index (χ1v) is 21.9. The van der Waals surface area contributed by atoms with Gasteiger partial charge in [0.15, 0.2) is 11.6 Å². The van der Waals surface area contributed by atoms with Crippen LogP contribution >= 0.6 is 0 Å². The summed E-state index contributed by atoms with van der Waals surface area (Å²) in [5.74, 6) is -2.74. The highest BCUT2D eigenvalue weighted by molar-refractivity contribution is 6.12. The number of ketones is 2. The molecule has 3 atom stereocenters. The maximum atomic E-state index is 14.3. The number of nitrogens with one attached hydrogen (secondary N) is 4. The summed E-state index contributed by atoms with van der Waals surface area (Å²) in [6.07, 6.45) is 0.651. The van der Waals surface area contributed by atoms with Gasteiger partial charge in [-0.15, -0.1) is 0 Å². The largest absolute Gasteiger partial charge is 0.322 e. The van der Waals surface area contributed by atoms with Crippen LogP contribution in [0.15, 0.2) is 182 Å². The van der Waals surface area contributed by atoms with Crippen molar-refractivity contribution in [2.45, 2.75) is 45.4 Å². The van der Waals surface area contributed by atoms with E-state index in [0.29, 0.717) is 45.9 Å². The second-order valence-electron chi connectivity index (χ2n) is 16.2. The molecule has 3 unspecified atom stereocenters. The fraction of sp³-hybridized carbons (Fsp3) is 0.143. The molecule has 0 heterocycles. The van der Waals surface area contributed by atoms with Gasteiger partial charge in [0, 0.05) is 68.5 Å². The summed E-state index contributed by atoms with van der Waals surface area (Å²) in [6, 6.07) is 52.5. The van der Waals surface area contributed by atoms with Crippen LogP contribution < -0.4 is 21.3 Å². The zero-order valence-electron chi connectivity index (χ0n) is 36.9. The monoisotopic (exact) mass is 874 g/mol. The van der Waals surface area contributed by atoms with Gasteiger partial charge in [0.25, 0.3) is 23.6 Å². The van der Waals surface area contributed by atoms with Crippen molar-refractivity contribution in [3.05, 3.63) is 226 Å². The molecule has 0 aromatic heterocycles. The summed E-state index contributed by atoms with van der Waals surface area (Å²) < 4.78 is 0. The molecule has 0 fully saturated rings. The lowest BCUT2D eigenvalue weighted by Gasteiger charge is -2.20. The van der Waals surface area contributed by atoms with E-state index in [2.05, 4.69) is 21.3 Å². The van der Waals surface area contributed by atoms with Crippen LogP contribution in [-0.4, -0.2) is 35.2 Å². The molecule has 330 valence electrons. The lowest BCUT2D eigenvalue weighted by molar-refractivity contribution is 0.0912. The van der Waals surface area contributed by atoms with Crippen molar-refractivity contribution in [2.75, 3.05) is 21.3 Å². The third kappa shape index (κ3) is 11.7. The van der Waals surface area contributed by atoms with E-state index in [1.807, 2.05) is 87.5 Å². The van der Waals surface area contributed by atoms with Gasteiger partial charge in [0.1, 0.15) is 0 Å². The molecule has 7 aromatic carbocycles. The first-order valence-electron chi connectivity index (χ1n) is 21.9. The van der Waals surface area contributed by atoms with Gasteiger partial charge in [0.05, 0.1) is 0 Å². The van der Waals surface area contributed by atoms with E-state index in [-0.39, 0.29) is 64.2 Å². The molecule has 10 nitrogen and oxygen atoms in total. The predicted molar refractivity (Wildman–Crippen MR) is 261 cm³/mol. The molecule has 4 amide bonds. The maximum absolute atomic E-state index is 14.3. The Kier molecular flexibility index (Phi) is 14.9. The minimum atomic E-state index is -0.577. The van der Waals surface area contributed by atoms with Gasteiger partial charge >= 0.3 is 0 Å². The Hall–Kier alpha value is -8.24. The summed E-state index contributed by atoms with van der Waals surface area (Å²) in [6.45, 7) is 5.83. The van der Waals surface area contributed by atoms with Crippen molar-refractivity contribution in [1.82, 2.24) is 0 Å². The molecule has 7 aromatic rings. The summed E-state index contributed by atoms with van der Waals surface area (Å²) in [7, 11) is 0. The Morgan fingerprint density at radius 1 is 0.394 bits per heavy atom. The third-order valence-electron chi connectivity index (χ3n) is 11.7. The van der Waals surface area contributed by atoms with Gasteiger partial charge in [0.2, 0.25) is 0 Å². The molecule has 0 aliphatic heterocycles. The number of rotatable bonds is 17. The lowest BCUT2D eigenvalue weighted by atomic mass is 9.83. The molecule has 0 aliphatic rings. The second kappa shape index (κ2) is 21.4. The predicted octanol–water partition coefficient (Wildman–Crippen LogP) is 12.1. The fourth-order valence-corrected chi connectivity index (χ4v) is 7.71. The van der Waals surface area contributed by atoms with E-state index in [1.54, 1.807) is 97.1 Å². The van der Waals surface area contributed by atoms with Crippen LogP contribution in [0.5, 0.6) is 0 Å². The van der Waals surface area contributed by atoms with E-state index in [1.165, 1.54) is 18.2 Å². The molecular formula is C56H50N4O6. The molecule has 0 aliphatic carbocycles. The average Bonchev–Trinajstić information content (AvgIpc) is 3.35. The first-order chi connectivity index (χ1) is 31.9. The van der Waals surface area contributed by atoms with Crippen LogP contribution in [0.4, 0.5) is 22.7 Å². The molecule has 0 saturated carbocycles. The summed E-state index contributed by atoms with van der Waals surface area (Å²) >= 11 is 0. The maximum Gasteiger partial charge on any atom is 0.255 e. The third-order valence-corrected chi connectivity index (χ3v) is 11.7. The zero-order valence-corrected chi connectivity index (χ0v) is 36.9. The first kappa shape index (κ1) is 45.8. The van der Waals surface area contributed by atoms with Crippen LogP contribution in [0, 0.1) is 5.92 Å². The number of hydrogen-bond acceptors (Lipinski definition) is 6. The number of Topliss-reactive ketones (excluding diaryl/α,β-unsaturated/α-hetero) is 2. The number of benzene rings is 7. The highest BCUT2D eigenvalue weighted by atomic mass is 16.2. The molecule has 0 saturated heterocycles. The average molecular weight is 875 g/mol. The quantitative estimate of drug-likeness (QED) is 0.0669. The number of carbonyl (C=O) groups is 6. The van der Waals surface area contributed by atoms with Crippen molar-refractivity contribution >= 4 is 57.9 Å². The highest BCUT2D eigenvalue weighted by Crippen LogP contribution is 2.31. The van der Waals surface area contributed by atoms with Crippen LogP contribution in [0.25, 0.3) is 0 Å². The summed E-state index contributed by atoms with van der Waals surface area (Å²) in [5, 5.41) is 11.6. The molecular weight excluding hydrogens is 825 g/mol. The number of amides is 4. The fourth-order valence-electron chi connectivity index (χ4n) is 7.71. The standard InChI is InChI=1S/C56H50N4O6/c1-4-38(43-24-15-26-48(33-43)57-53(63)40-19-10-6-11-20-40)34-51(61)44-29-45(55(65)58-47-25-14-23-42(32-47)36(2)37(3)52(62)39-17-8-5-9-18-39)31-46(30-44)56(66)60-50-28-16-27-49(35-50)59-54(64)41-21-12-7-13-22-41/h5-33,35-38H,4,34H2,1-3H3,(H,57,63)(H,58,65)(H,59,64)(H,60,66). The van der Waals surface area contributed by atoms with Crippen molar-refractivity contribution in [3.63, 3.8) is 0 Å². The van der Waals surface area contributed by atoms with Crippen LogP contribution in [0.1, 0.15) is 119 Å². The Bertz CT molecular complexity index is 2880. The van der Waals surface area contributed by atoms with Crippen molar-refractivity contribution < 1.29 is 28.8 Å². The highest BCUT2D eigenvalue weighted by Gasteiger charge is 2.24. The van der Waals surface area contributed by atoms with Gasteiger partial charge < -0.3 is 21.3 Å². The normalized spacial score (nSPS) is 12.2. The molecule has 4 N–H and O–H groups in total. The molecule has 10 heteroatoms. The van der Waals surface area contributed by atoms with Gasteiger partial charge in [-0.05, 0) is 114 Å². The zero-order chi connectivity index (χ0) is 46.6. The van der Waals surface area contributed by atoms with Gasteiger partial charge in [-0.1, -0.05) is 118 Å². The topological polar surface area (TPSA) is 151 Å². The van der Waals surface area contributed by atoms with E-state index in [4.69, 9.17) is 0 Å². The molecule has 0 spiro atoms. The lowest BCUT2D eigenvalue weighted by Crippen LogP contribution is -2.19. The van der Waals surface area contributed by atoms with Crippen LogP contribution in [0.2, 0.25) is 0 Å². The Labute approximate surface area is 384 Å². The minimum absolute atomic E-state index is 0.0151.